The minimum atomic E-state index is -0.448. The van der Waals surface area contributed by atoms with Crippen LogP contribution in [0.1, 0.15) is 0 Å². The van der Waals surface area contributed by atoms with Gasteiger partial charge in [0.1, 0.15) is 0 Å². The Labute approximate surface area is 115 Å². The van der Waals surface area contributed by atoms with Crippen LogP contribution in [-0.2, 0) is 4.79 Å². The first-order chi connectivity index (χ1) is 8.56. The standard InChI is InChI=1S/C11H14ClN3O2S/c1-13-10(16)6-14-11(17)15-8-5-7(12)3-4-9(8)18-2/h3-5H,6H2,1-2H3,(H,13,16)(H2,14,15,17). The smallest absolute Gasteiger partial charge is 0.319 e. The molecule has 0 radical (unpaired) electrons. The van der Waals surface area contributed by atoms with Crippen LogP contribution in [0.2, 0.25) is 5.02 Å². The second-order valence-electron chi connectivity index (χ2n) is 3.33. The molecule has 0 aliphatic heterocycles. The van der Waals surface area contributed by atoms with E-state index in [0.717, 1.165) is 4.90 Å². The molecule has 18 heavy (non-hydrogen) atoms. The molecule has 0 saturated carbocycles. The number of likely N-dealkylation sites (N-methyl/N-ethyl adjacent to an activating group) is 1. The SMILES string of the molecule is CNC(=O)CNC(=O)Nc1cc(Cl)ccc1SC. The summed E-state index contributed by atoms with van der Waals surface area (Å²) in [5.74, 6) is -0.263. The largest absolute Gasteiger partial charge is 0.358 e. The van der Waals surface area contributed by atoms with E-state index in [0.29, 0.717) is 10.7 Å². The van der Waals surface area contributed by atoms with E-state index in [9.17, 15) is 9.59 Å². The zero-order valence-corrected chi connectivity index (χ0v) is 11.6. The van der Waals surface area contributed by atoms with E-state index in [1.54, 1.807) is 12.1 Å². The molecule has 0 aliphatic rings. The third-order valence-electron chi connectivity index (χ3n) is 2.10. The Morgan fingerprint density at radius 3 is 2.72 bits per heavy atom. The molecule has 0 atom stereocenters. The van der Waals surface area contributed by atoms with Crippen molar-refractivity contribution < 1.29 is 9.59 Å². The molecule has 0 bridgehead atoms. The number of nitrogens with one attached hydrogen (secondary N) is 3. The number of hydrogen-bond acceptors (Lipinski definition) is 3. The van der Waals surface area contributed by atoms with Gasteiger partial charge in [-0.1, -0.05) is 11.6 Å². The van der Waals surface area contributed by atoms with E-state index in [1.807, 2.05) is 12.3 Å². The summed E-state index contributed by atoms with van der Waals surface area (Å²) < 4.78 is 0. The molecule has 7 heteroatoms. The van der Waals surface area contributed by atoms with Crippen LogP contribution in [0, 0.1) is 0 Å². The number of urea groups is 1. The molecule has 0 saturated heterocycles. The highest BCUT2D eigenvalue weighted by molar-refractivity contribution is 7.98. The second kappa shape index (κ2) is 7.13. The zero-order chi connectivity index (χ0) is 13.5. The predicted octanol–water partition coefficient (Wildman–Crippen LogP) is 1.93. The Morgan fingerprint density at radius 2 is 2.11 bits per heavy atom. The Bertz CT molecular complexity index is 454. The molecular formula is C11H14ClN3O2S. The summed E-state index contributed by atoms with van der Waals surface area (Å²) in [6.07, 6.45) is 1.90. The van der Waals surface area contributed by atoms with Crippen molar-refractivity contribution in [1.29, 1.82) is 0 Å². The van der Waals surface area contributed by atoms with Gasteiger partial charge < -0.3 is 16.0 Å². The van der Waals surface area contributed by atoms with Crippen molar-refractivity contribution in [3.63, 3.8) is 0 Å². The molecule has 0 aromatic heterocycles. The average Bonchev–Trinajstić information content (AvgIpc) is 2.36. The molecule has 1 aromatic carbocycles. The lowest BCUT2D eigenvalue weighted by Gasteiger charge is -2.10. The highest BCUT2D eigenvalue weighted by Gasteiger charge is 2.08. The number of carbonyl (C=O) groups is 2. The molecule has 0 unspecified atom stereocenters. The van der Waals surface area contributed by atoms with Gasteiger partial charge in [0, 0.05) is 17.0 Å². The molecule has 0 heterocycles. The highest BCUT2D eigenvalue weighted by Crippen LogP contribution is 2.28. The van der Waals surface area contributed by atoms with Gasteiger partial charge in [-0.2, -0.15) is 0 Å². The molecule has 98 valence electrons. The Hall–Kier alpha value is -1.40. The van der Waals surface area contributed by atoms with Crippen molar-refractivity contribution in [3.8, 4) is 0 Å². The van der Waals surface area contributed by atoms with Crippen LogP contribution in [0.5, 0.6) is 0 Å². The number of benzene rings is 1. The first-order valence-corrected chi connectivity index (χ1v) is 6.76. The third-order valence-corrected chi connectivity index (χ3v) is 3.13. The van der Waals surface area contributed by atoms with E-state index in [1.165, 1.54) is 18.8 Å². The average molecular weight is 288 g/mol. The van der Waals surface area contributed by atoms with Crippen molar-refractivity contribution in [3.05, 3.63) is 23.2 Å². The minimum Gasteiger partial charge on any atom is -0.358 e. The number of hydrogen-bond donors (Lipinski definition) is 3. The summed E-state index contributed by atoms with van der Waals surface area (Å²) in [6.45, 7) is -0.0719. The fraction of sp³-hybridized carbons (Fsp3) is 0.273. The van der Waals surface area contributed by atoms with Crippen molar-refractivity contribution >= 4 is 41.0 Å². The van der Waals surface area contributed by atoms with Gasteiger partial charge in [0.15, 0.2) is 0 Å². The summed E-state index contributed by atoms with van der Waals surface area (Å²) in [5, 5.41) is 8.03. The second-order valence-corrected chi connectivity index (χ2v) is 4.61. The Kier molecular flexibility index (Phi) is 5.80. The number of thioether (sulfide) groups is 1. The van der Waals surface area contributed by atoms with E-state index in [-0.39, 0.29) is 12.5 Å². The van der Waals surface area contributed by atoms with Crippen molar-refractivity contribution in [1.82, 2.24) is 10.6 Å². The monoisotopic (exact) mass is 287 g/mol. The summed E-state index contributed by atoms with van der Waals surface area (Å²) in [5.41, 5.74) is 0.615. The lowest BCUT2D eigenvalue weighted by molar-refractivity contribution is -0.119. The molecule has 0 spiro atoms. The van der Waals surface area contributed by atoms with Crippen LogP contribution in [0.25, 0.3) is 0 Å². The van der Waals surface area contributed by atoms with Crippen LogP contribution in [-0.4, -0.2) is 31.8 Å². The molecule has 0 aliphatic carbocycles. The number of halogens is 1. The molecule has 3 N–H and O–H groups in total. The zero-order valence-electron chi connectivity index (χ0n) is 10.0. The normalized spacial score (nSPS) is 9.72. The van der Waals surface area contributed by atoms with Gasteiger partial charge in [-0.25, -0.2) is 4.79 Å². The maximum Gasteiger partial charge on any atom is 0.319 e. The number of amides is 3. The van der Waals surface area contributed by atoms with Gasteiger partial charge in [-0.15, -0.1) is 11.8 Å². The van der Waals surface area contributed by atoms with Crippen LogP contribution in [0.15, 0.2) is 23.1 Å². The Balaban J connectivity index is 2.63. The molecular weight excluding hydrogens is 274 g/mol. The molecule has 3 amide bonds. The van der Waals surface area contributed by atoms with Crippen molar-refractivity contribution in [2.24, 2.45) is 0 Å². The maximum absolute atomic E-state index is 11.6. The summed E-state index contributed by atoms with van der Waals surface area (Å²) in [6, 6.07) is 4.78. The molecule has 1 rings (SSSR count). The van der Waals surface area contributed by atoms with Gasteiger partial charge in [-0.05, 0) is 24.5 Å². The lowest BCUT2D eigenvalue weighted by atomic mass is 10.3. The molecule has 5 nitrogen and oxygen atoms in total. The van der Waals surface area contributed by atoms with Crippen LogP contribution in [0.3, 0.4) is 0 Å². The highest BCUT2D eigenvalue weighted by atomic mass is 35.5. The quantitative estimate of drug-likeness (QED) is 0.741. The van der Waals surface area contributed by atoms with Gasteiger partial charge >= 0.3 is 6.03 Å². The maximum atomic E-state index is 11.6. The first kappa shape index (κ1) is 14.7. The third kappa shape index (κ3) is 4.46. The van der Waals surface area contributed by atoms with Gasteiger partial charge in [0.2, 0.25) is 5.91 Å². The van der Waals surface area contributed by atoms with Crippen LogP contribution >= 0.6 is 23.4 Å². The number of anilines is 1. The van der Waals surface area contributed by atoms with Crippen molar-refractivity contribution in [2.45, 2.75) is 4.90 Å². The van der Waals surface area contributed by atoms with Crippen LogP contribution < -0.4 is 16.0 Å². The summed E-state index contributed by atoms with van der Waals surface area (Å²) in [7, 11) is 1.50. The van der Waals surface area contributed by atoms with E-state index in [4.69, 9.17) is 11.6 Å². The lowest BCUT2D eigenvalue weighted by Crippen LogP contribution is -2.37. The number of rotatable bonds is 4. The number of carbonyl (C=O) groups excluding carboxylic acids is 2. The van der Waals surface area contributed by atoms with E-state index >= 15 is 0 Å². The van der Waals surface area contributed by atoms with E-state index < -0.39 is 6.03 Å². The first-order valence-electron chi connectivity index (χ1n) is 5.15. The fourth-order valence-corrected chi connectivity index (χ4v) is 1.90. The summed E-state index contributed by atoms with van der Waals surface area (Å²) >= 11 is 7.36. The minimum absolute atomic E-state index is 0.0719. The topological polar surface area (TPSA) is 70.2 Å². The molecule has 1 aromatic rings. The van der Waals surface area contributed by atoms with Crippen LogP contribution in [0.4, 0.5) is 10.5 Å². The van der Waals surface area contributed by atoms with E-state index in [2.05, 4.69) is 16.0 Å². The van der Waals surface area contributed by atoms with Gasteiger partial charge in [-0.3, -0.25) is 4.79 Å². The predicted molar refractivity (Wildman–Crippen MR) is 74.3 cm³/mol. The van der Waals surface area contributed by atoms with Gasteiger partial charge in [0.25, 0.3) is 0 Å². The molecule has 0 fully saturated rings. The van der Waals surface area contributed by atoms with Crippen molar-refractivity contribution in [2.75, 3.05) is 25.2 Å². The van der Waals surface area contributed by atoms with Gasteiger partial charge in [0.05, 0.1) is 12.2 Å². The summed E-state index contributed by atoms with van der Waals surface area (Å²) in [4.78, 5) is 23.4. The fourth-order valence-electron chi connectivity index (χ4n) is 1.19. The Morgan fingerprint density at radius 1 is 1.39 bits per heavy atom.